The lowest BCUT2D eigenvalue weighted by Crippen LogP contribution is -2.05. The van der Waals surface area contributed by atoms with Crippen molar-refractivity contribution in [3.05, 3.63) is 42.5 Å². The second kappa shape index (κ2) is 6.54. The van der Waals surface area contributed by atoms with E-state index in [-0.39, 0.29) is 11.6 Å². The first-order valence-electron chi connectivity index (χ1n) is 6.73. The SMILES string of the molecule is CS(=O)(=O)CCSc1ncnc2cc(-c3ccc(F)cc3)sc12. The molecule has 0 saturated carbocycles. The van der Waals surface area contributed by atoms with E-state index in [0.717, 1.165) is 25.7 Å². The Morgan fingerprint density at radius 2 is 1.96 bits per heavy atom. The van der Waals surface area contributed by atoms with E-state index in [0.29, 0.717) is 5.75 Å². The van der Waals surface area contributed by atoms with Crippen molar-refractivity contribution in [3.8, 4) is 10.4 Å². The van der Waals surface area contributed by atoms with Crippen molar-refractivity contribution < 1.29 is 12.8 Å². The number of fused-ring (bicyclic) bond motifs is 1. The van der Waals surface area contributed by atoms with E-state index in [1.807, 2.05) is 6.07 Å². The standard InChI is InChI=1S/C15H13FN2O2S3/c1-23(19,20)7-6-21-15-14-12(17-9-18-15)8-13(22-14)10-2-4-11(16)5-3-10/h2-5,8-9H,6-7H2,1H3. The highest BCUT2D eigenvalue weighted by molar-refractivity contribution is 8.00. The number of nitrogens with zero attached hydrogens (tertiary/aromatic N) is 2. The molecular formula is C15H13FN2O2S3. The van der Waals surface area contributed by atoms with Gasteiger partial charge in [0.25, 0.3) is 0 Å². The molecule has 0 atom stereocenters. The van der Waals surface area contributed by atoms with Crippen molar-refractivity contribution in [2.75, 3.05) is 17.8 Å². The molecule has 0 bridgehead atoms. The van der Waals surface area contributed by atoms with Gasteiger partial charge in [0.15, 0.2) is 0 Å². The maximum absolute atomic E-state index is 13.0. The van der Waals surface area contributed by atoms with Crippen molar-refractivity contribution in [1.29, 1.82) is 0 Å². The normalized spacial score (nSPS) is 11.9. The van der Waals surface area contributed by atoms with E-state index in [9.17, 15) is 12.8 Å². The number of halogens is 1. The van der Waals surface area contributed by atoms with Crippen LogP contribution in [0.5, 0.6) is 0 Å². The lowest BCUT2D eigenvalue weighted by atomic mass is 10.2. The average Bonchev–Trinajstić information content (AvgIpc) is 2.91. The number of benzene rings is 1. The quantitative estimate of drug-likeness (QED) is 0.508. The minimum atomic E-state index is -2.99. The highest BCUT2D eigenvalue weighted by Gasteiger charge is 2.12. The van der Waals surface area contributed by atoms with E-state index >= 15 is 0 Å². The minimum absolute atomic E-state index is 0.110. The molecule has 0 N–H and O–H groups in total. The van der Waals surface area contributed by atoms with E-state index < -0.39 is 9.84 Å². The molecular weight excluding hydrogens is 355 g/mol. The van der Waals surface area contributed by atoms with Crippen LogP contribution in [0.2, 0.25) is 0 Å². The van der Waals surface area contributed by atoms with Crippen LogP contribution in [0.3, 0.4) is 0 Å². The molecule has 3 aromatic rings. The Morgan fingerprint density at radius 1 is 1.22 bits per heavy atom. The molecule has 8 heteroatoms. The molecule has 3 rings (SSSR count). The molecule has 120 valence electrons. The zero-order chi connectivity index (χ0) is 16.4. The summed E-state index contributed by atoms with van der Waals surface area (Å²) in [6, 6.07) is 8.24. The van der Waals surface area contributed by atoms with Crippen LogP contribution >= 0.6 is 23.1 Å². The maximum atomic E-state index is 13.0. The molecule has 2 aromatic heterocycles. The lowest BCUT2D eigenvalue weighted by Gasteiger charge is -2.00. The summed E-state index contributed by atoms with van der Waals surface area (Å²) < 4.78 is 36.4. The van der Waals surface area contributed by atoms with Gasteiger partial charge < -0.3 is 0 Å². The third-order valence-corrected chi connectivity index (χ3v) is 6.60. The van der Waals surface area contributed by atoms with Crippen LogP contribution in [-0.4, -0.2) is 36.1 Å². The second-order valence-corrected chi connectivity index (χ2v) is 9.38. The van der Waals surface area contributed by atoms with E-state index in [1.165, 1.54) is 47.8 Å². The van der Waals surface area contributed by atoms with Crippen molar-refractivity contribution in [3.63, 3.8) is 0 Å². The maximum Gasteiger partial charge on any atom is 0.148 e. The predicted molar refractivity (Wildman–Crippen MR) is 93.2 cm³/mol. The van der Waals surface area contributed by atoms with Crippen LogP contribution in [0.25, 0.3) is 20.7 Å². The van der Waals surface area contributed by atoms with Gasteiger partial charge in [0.05, 0.1) is 16.0 Å². The predicted octanol–water partition coefficient (Wildman–Crippen LogP) is 3.63. The van der Waals surface area contributed by atoms with Gasteiger partial charge in [-0.2, -0.15) is 0 Å². The fraction of sp³-hybridized carbons (Fsp3) is 0.200. The zero-order valence-corrected chi connectivity index (χ0v) is 14.6. The summed E-state index contributed by atoms with van der Waals surface area (Å²) >= 11 is 2.93. The van der Waals surface area contributed by atoms with Gasteiger partial charge >= 0.3 is 0 Å². The number of thiophene rings is 1. The van der Waals surface area contributed by atoms with Gasteiger partial charge in [-0.15, -0.1) is 23.1 Å². The molecule has 23 heavy (non-hydrogen) atoms. The Kier molecular flexibility index (Phi) is 4.65. The molecule has 2 heterocycles. The van der Waals surface area contributed by atoms with Gasteiger partial charge in [0, 0.05) is 16.9 Å². The first kappa shape index (κ1) is 16.4. The van der Waals surface area contributed by atoms with Gasteiger partial charge in [0.2, 0.25) is 0 Å². The van der Waals surface area contributed by atoms with Crippen LogP contribution in [0.15, 0.2) is 41.7 Å². The largest absolute Gasteiger partial charge is 0.235 e. The molecule has 0 fully saturated rings. The summed E-state index contributed by atoms with van der Waals surface area (Å²) in [5, 5.41) is 0.775. The molecule has 0 spiro atoms. The second-order valence-electron chi connectivity index (χ2n) is 4.99. The smallest absolute Gasteiger partial charge is 0.148 e. The number of rotatable bonds is 5. The number of sulfone groups is 1. The molecule has 4 nitrogen and oxygen atoms in total. The summed E-state index contributed by atoms with van der Waals surface area (Å²) in [5.41, 5.74) is 1.73. The Bertz CT molecular complexity index is 937. The molecule has 0 aliphatic carbocycles. The van der Waals surface area contributed by atoms with Crippen LogP contribution in [0.1, 0.15) is 0 Å². The Balaban J connectivity index is 1.90. The van der Waals surface area contributed by atoms with Crippen LogP contribution in [0, 0.1) is 5.82 Å². The van der Waals surface area contributed by atoms with Crippen molar-refractivity contribution in [2.45, 2.75) is 5.03 Å². The van der Waals surface area contributed by atoms with Crippen LogP contribution in [0.4, 0.5) is 4.39 Å². The van der Waals surface area contributed by atoms with Crippen molar-refractivity contribution in [1.82, 2.24) is 9.97 Å². The number of hydrogen-bond acceptors (Lipinski definition) is 6. The highest BCUT2D eigenvalue weighted by Crippen LogP contribution is 2.36. The summed E-state index contributed by atoms with van der Waals surface area (Å²) in [6.45, 7) is 0. The fourth-order valence-corrected chi connectivity index (χ4v) is 5.38. The van der Waals surface area contributed by atoms with Gasteiger partial charge in [-0.1, -0.05) is 12.1 Å². The number of hydrogen-bond donors (Lipinski definition) is 0. The van der Waals surface area contributed by atoms with Crippen LogP contribution in [-0.2, 0) is 9.84 Å². The summed E-state index contributed by atoms with van der Waals surface area (Å²) in [7, 11) is -2.99. The Morgan fingerprint density at radius 3 is 2.65 bits per heavy atom. The van der Waals surface area contributed by atoms with Gasteiger partial charge in [0.1, 0.15) is 27.0 Å². The van der Waals surface area contributed by atoms with Crippen molar-refractivity contribution in [2.24, 2.45) is 0 Å². The average molecular weight is 368 g/mol. The van der Waals surface area contributed by atoms with Gasteiger partial charge in [-0.05, 0) is 23.8 Å². The molecule has 1 aromatic carbocycles. The fourth-order valence-electron chi connectivity index (χ4n) is 1.98. The van der Waals surface area contributed by atoms with Crippen molar-refractivity contribution >= 4 is 43.2 Å². The van der Waals surface area contributed by atoms with Crippen LogP contribution < -0.4 is 0 Å². The molecule has 0 aliphatic rings. The zero-order valence-electron chi connectivity index (χ0n) is 12.2. The first-order valence-corrected chi connectivity index (χ1v) is 10.6. The van der Waals surface area contributed by atoms with E-state index in [2.05, 4.69) is 9.97 Å². The summed E-state index contributed by atoms with van der Waals surface area (Å²) in [5.74, 6) is 0.292. The Hall–Kier alpha value is -1.51. The first-order chi connectivity index (χ1) is 10.9. The van der Waals surface area contributed by atoms with E-state index in [1.54, 1.807) is 12.1 Å². The lowest BCUT2D eigenvalue weighted by molar-refractivity contribution is 0.603. The molecule has 0 radical (unpaired) electrons. The topological polar surface area (TPSA) is 59.9 Å². The monoisotopic (exact) mass is 368 g/mol. The van der Waals surface area contributed by atoms with E-state index in [4.69, 9.17) is 0 Å². The number of thioether (sulfide) groups is 1. The molecule has 0 amide bonds. The third kappa shape index (κ3) is 4.07. The summed E-state index contributed by atoms with van der Waals surface area (Å²) in [4.78, 5) is 9.49. The van der Waals surface area contributed by atoms with Gasteiger partial charge in [-0.25, -0.2) is 22.8 Å². The molecule has 0 aliphatic heterocycles. The number of aromatic nitrogens is 2. The van der Waals surface area contributed by atoms with Gasteiger partial charge in [-0.3, -0.25) is 0 Å². The summed E-state index contributed by atoms with van der Waals surface area (Å²) in [6.07, 6.45) is 2.70. The minimum Gasteiger partial charge on any atom is -0.235 e. The molecule has 0 saturated heterocycles. The third-order valence-electron chi connectivity index (χ3n) is 3.10. The molecule has 0 unspecified atom stereocenters. The Labute approximate surface area is 141 Å². The highest BCUT2D eigenvalue weighted by atomic mass is 32.2.